The normalized spacial score (nSPS) is 15.1. The fourth-order valence-corrected chi connectivity index (χ4v) is 3.13. The summed E-state index contributed by atoms with van der Waals surface area (Å²) in [4.78, 5) is 12.4. The van der Waals surface area contributed by atoms with E-state index in [1.165, 1.54) is 6.08 Å². The number of anilines is 1. The van der Waals surface area contributed by atoms with E-state index < -0.39 is 0 Å². The van der Waals surface area contributed by atoms with Crippen LogP contribution in [0.3, 0.4) is 0 Å². The number of methoxy groups -OCH3 is 2. The van der Waals surface area contributed by atoms with Gasteiger partial charge in [-0.3, -0.25) is 4.79 Å². The number of carbonyl (C=O) groups is 1. The van der Waals surface area contributed by atoms with Crippen LogP contribution >= 0.6 is 0 Å². The molecule has 2 aromatic rings. The molecule has 0 radical (unpaired) electrons. The van der Waals surface area contributed by atoms with Crippen LogP contribution in [0.5, 0.6) is 23.0 Å². The van der Waals surface area contributed by atoms with Gasteiger partial charge in [0.05, 0.1) is 20.8 Å². The summed E-state index contributed by atoms with van der Waals surface area (Å²) in [5.41, 5.74) is 2.54. The van der Waals surface area contributed by atoms with E-state index in [4.69, 9.17) is 18.9 Å². The van der Waals surface area contributed by atoms with Crippen molar-refractivity contribution in [1.82, 2.24) is 0 Å². The number of hydrogen-bond donors (Lipinski definition) is 1. The van der Waals surface area contributed by atoms with E-state index in [1.807, 2.05) is 26.0 Å². The van der Waals surface area contributed by atoms with Crippen LogP contribution in [0.2, 0.25) is 0 Å². The minimum absolute atomic E-state index is 0.150. The lowest BCUT2D eigenvalue weighted by atomic mass is 10.1. The molecule has 6 heteroatoms. The molecule has 1 aliphatic rings. The van der Waals surface area contributed by atoms with Crippen molar-refractivity contribution >= 4 is 17.7 Å². The standard InChI is InChI=1S/C22H25NO5/c1-5-27-19-12-16-10-14(2)28-20(16)11-15(19)6-9-22(24)23-17-7-8-18(25-3)21(13-17)26-4/h6-9,11-14H,5,10H2,1-4H3,(H,23,24)/b9-6+. The molecule has 2 aromatic carbocycles. The first kappa shape index (κ1) is 19.6. The van der Waals surface area contributed by atoms with E-state index in [2.05, 4.69) is 5.32 Å². The van der Waals surface area contributed by atoms with E-state index in [-0.39, 0.29) is 12.0 Å². The molecule has 0 aliphatic carbocycles. The van der Waals surface area contributed by atoms with Crippen molar-refractivity contribution < 1.29 is 23.7 Å². The predicted octanol–water partition coefficient (Wildman–Crippen LogP) is 4.08. The topological polar surface area (TPSA) is 66.0 Å². The first-order valence-electron chi connectivity index (χ1n) is 9.21. The summed E-state index contributed by atoms with van der Waals surface area (Å²) in [6.45, 7) is 4.52. The minimum Gasteiger partial charge on any atom is -0.493 e. The third kappa shape index (κ3) is 4.39. The monoisotopic (exact) mass is 383 g/mol. The van der Waals surface area contributed by atoms with Gasteiger partial charge in [-0.1, -0.05) is 0 Å². The zero-order valence-electron chi connectivity index (χ0n) is 16.6. The molecule has 3 rings (SSSR count). The minimum atomic E-state index is -0.260. The highest BCUT2D eigenvalue weighted by Gasteiger charge is 2.21. The molecule has 1 amide bonds. The summed E-state index contributed by atoms with van der Waals surface area (Å²) >= 11 is 0. The first-order chi connectivity index (χ1) is 13.5. The van der Waals surface area contributed by atoms with E-state index in [1.54, 1.807) is 38.5 Å². The maximum absolute atomic E-state index is 12.4. The Kier molecular flexibility index (Phi) is 6.09. The molecule has 0 saturated carbocycles. The Labute approximate surface area is 165 Å². The molecular weight excluding hydrogens is 358 g/mol. The van der Waals surface area contributed by atoms with Gasteiger partial charge in [0.25, 0.3) is 0 Å². The van der Waals surface area contributed by atoms with Crippen LogP contribution in [0.15, 0.2) is 36.4 Å². The van der Waals surface area contributed by atoms with Crippen LogP contribution < -0.4 is 24.3 Å². The molecule has 0 aromatic heterocycles. The first-order valence-corrected chi connectivity index (χ1v) is 9.21. The number of amides is 1. The summed E-state index contributed by atoms with van der Waals surface area (Å²) < 4.78 is 22.0. The third-order valence-electron chi connectivity index (χ3n) is 4.39. The highest BCUT2D eigenvalue weighted by atomic mass is 16.5. The number of hydrogen-bond acceptors (Lipinski definition) is 5. The number of nitrogens with one attached hydrogen (secondary N) is 1. The SMILES string of the molecule is CCOc1cc2c(cc1/C=C/C(=O)Nc1ccc(OC)c(OC)c1)OC(C)C2. The molecule has 1 heterocycles. The molecule has 148 valence electrons. The summed E-state index contributed by atoms with van der Waals surface area (Å²) in [5.74, 6) is 2.48. The van der Waals surface area contributed by atoms with Gasteiger partial charge < -0.3 is 24.3 Å². The molecular formula is C22H25NO5. The quantitative estimate of drug-likeness (QED) is 0.730. The van der Waals surface area contributed by atoms with Crippen molar-refractivity contribution in [2.75, 3.05) is 26.1 Å². The van der Waals surface area contributed by atoms with E-state index in [0.29, 0.717) is 23.8 Å². The Bertz CT molecular complexity index is 891. The second-order valence-corrected chi connectivity index (χ2v) is 6.46. The lowest BCUT2D eigenvalue weighted by Crippen LogP contribution is -2.08. The van der Waals surface area contributed by atoms with E-state index >= 15 is 0 Å². The highest BCUT2D eigenvalue weighted by Crippen LogP contribution is 2.36. The van der Waals surface area contributed by atoms with Crippen molar-refractivity contribution in [2.24, 2.45) is 0 Å². The van der Waals surface area contributed by atoms with Crippen LogP contribution in [0.25, 0.3) is 6.08 Å². The molecule has 0 saturated heterocycles. The van der Waals surface area contributed by atoms with Crippen molar-refractivity contribution in [3.63, 3.8) is 0 Å². The summed E-state index contributed by atoms with van der Waals surface area (Å²) in [7, 11) is 3.12. The van der Waals surface area contributed by atoms with Gasteiger partial charge in [0, 0.05) is 35.4 Å². The van der Waals surface area contributed by atoms with Gasteiger partial charge in [-0.05, 0) is 44.2 Å². The lowest BCUT2D eigenvalue weighted by molar-refractivity contribution is -0.111. The summed E-state index contributed by atoms with van der Waals surface area (Å²) in [6, 6.07) is 9.12. The van der Waals surface area contributed by atoms with Crippen molar-refractivity contribution in [3.8, 4) is 23.0 Å². The third-order valence-corrected chi connectivity index (χ3v) is 4.39. The van der Waals surface area contributed by atoms with Gasteiger partial charge in [0.2, 0.25) is 5.91 Å². The fraction of sp³-hybridized carbons (Fsp3) is 0.318. The molecule has 1 aliphatic heterocycles. The number of rotatable bonds is 7. The lowest BCUT2D eigenvalue weighted by Gasteiger charge is -2.11. The van der Waals surface area contributed by atoms with E-state index in [9.17, 15) is 4.79 Å². The zero-order valence-corrected chi connectivity index (χ0v) is 16.6. The highest BCUT2D eigenvalue weighted by molar-refractivity contribution is 6.02. The van der Waals surface area contributed by atoms with Gasteiger partial charge >= 0.3 is 0 Å². The number of benzene rings is 2. The second kappa shape index (κ2) is 8.69. The average molecular weight is 383 g/mol. The average Bonchev–Trinajstić information content (AvgIpc) is 3.05. The fourth-order valence-electron chi connectivity index (χ4n) is 3.13. The Morgan fingerprint density at radius 2 is 1.96 bits per heavy atom. The predicted molar refractivity (Wildman–Crippen MR) is 109 cm³/mol. The van der Waals surface area contributed by atoms with Crippen LogP contribution in [-0.4, -0.2) is 32.8 Å². The van der Waals surface area contributed by atoms with Gasteiger partial charge in [-0.25, -0.2) is 0 Å². The van der Waals surface area contributed by atoms with Gasteiger partial charge in [0.1, 0.15) is 17.6 Å². The largest absolute Gasteiger partial charge is 0.493 e. The smallest absolute Gasteiger partial charge is 0.248 e. The van der Waals surface area contributed by atoms with Crippen LogP contribution in [-0.2, 0) is 11.2 Å². The molecule has 1 unspecified atom stereocenters. The van der Waals surface area contributed by atoms with Crippen LogP contribution in [0.1, 0.15) is 25.0 Å². The zero-order chi connectivity index (χ0) is 20.1. The second-order valence-electron chi connectivity index (χ2n) is 6.46. The van der Waals surface area contributed by atoms with Crippen LogP contribution in [0.4, 0.5) is 5.69 Å². The Morgan fingerprint density at radius 3 is 2.68 bits per heavy atom. The van der Waals surface area contributed by atoms with Gasteiger partial charge in [0.15, 0.2) is 11.5 Å². The molecule has 0 bridgehead atoms. The van der Waals surface area contributed by atoms with Gasteiger partial charge in [-0.15, -0.1) is 0 Å². The molecule has 6 nitrogen and oxygen atoms in total. The Morgan fingerprint density at radius 1 is 1.18 bits per heavy atom. The molecule has 0 fully saturated rings. The summed E-state index contributed by atoms with van der Waals surface area (Å²) in [6.07, 6.45) is 4.21. The van der Waals surface area contributed by atoms with Gasteiger partial charge in [-0.2, -0.15) is 0 Å². The van der Waals surface area contributed by atoms with Crippen LogP contribution in [0, 0.1) is 0 Å². The molecule has 0 spiro atoms. The van der Waals surface area contributed by atoms with Crippen molar-refractivity contribution in [1.29, 1.82) is 0 Å². The summed E-state index contributed by atoms with van der Waals surface area (Å²) in [5, 5.41) is 2.82. The maximum Gasteiger partial charge on any atom is 0.248 e. The maximum atomic E-state index is 12.4. The van der Waals surface area contributed by atoms with Crippen molar-refractivity contribution in [2.45, 2.75) is 26.4 Å². The molecule has 1 atom stereocenters. The molecule has 28 heavy (non-hydrogen) atoms. The number of carbonyl (C=O) groups excluding carboxylic acids is 1. The van der Waals surface area contributed by atoms with Crippen molar-refractivity contribution in [3.05, 3.63) is 47.5 Å². The number of fused-ring (bicyclic) bond motifs is 1. The number of ether oxygens (including phenoxy) is 4. The molecule has 1 N–H and O–H groups in total. The Balaban J connectivity index is 1.76. The van der Waals surface area contributed by atoms with E-state index in [0.717, 1.165) is 29.0 Å². The Hall–Kier alpha value is -3.15.